The smallest absolute Gasteiger partial charge is 0.188 e. The second kappa shape index (κ2) is 4.82. The first-order chi connectivity index (χ1) is 7.15. The maximum atomic E-state index is 5.90. The molecule has 2 aromatic rings. The standard InChI is InChI=1S/C9H5Br2ClN2S/c10-6-2-1-5(12)3-7(6)13-9-14-8(11)4-15-9/h1-4H,(H,13,14). The van der Waals surface area contributed by atoms with Crippen LogP contribution in [-0.4, -0.2) is 4.98 Å². The normalized spacial score (nSPS) is 10.3. The number of benzene rings is 1. The zero-order valence-electron chi connectivity index (χ0n) is 7.30. The lowest BCUT2D eigenvalue weighted by molar-refractivity contribution is 1.34. The Hall–Kier alpha value is -0.100. The molecule has 0 unspecified atom stereocenters. The lowest BCUT2D eigenvalue weighted by atomic mass is 10.3. The highest BCUT2D eigenvalue weighted by Crippen LogP contribution is 2.30. The Balaban J connectivity index is 2.27. The Morgan fingerprint density at radius 3 is 2.80 bits per heavy atom. The molecule has 0 bridgehead atoms. The monoisotopic (exact) mass is 366 g/mol. The van der Waals surface area contributed by atoms with Crippen molar-refractivity contribution in [1.29, 1.82) is 0 Å². The lowest BCUT2D eigenvalue weighted by Gasteiger charge is -2.05. The molecule has 1 heterocycles. The average Bonchev–Trinajstić information content (AvgIpc) is 2.58. The summed E-state index contributed by atoms with van der Waals surface area (Å²) in [7, 11) is 0. The molecule has 0 fully saturated rings. The number of anilines is 2. The number of halogens is 3. The van der Waals surface area contributed by atoms with Crippen LogP contribution in [0, 0.1) is 0 Å². The summed E-state index contributed by atoms with van der Waals surface area (Å²) in [6.45, 7) is 0. The van der Waals surface area contributed by atoms with Gasteiger partial charge in [0.05, 0.1) is 5.69 Å². The van der Waals surface area contributed by atoms with Crippen molar-refractivity contribution in [3.63, 3.8) is 0 Å². The van der Waals surface area contributed by atoms with E-state index >= 15 is 0 Å². The molecule has 1 aromatic carbocycles. The molecule has 1 N–H and O–H groups in total. The Bertz CT molecular complexity index is 487. The summed E-state index contributed by atoms with van der Waals surface area (Å²) in [4.78, 5) is 4.24. The first-order valence-corrected chi connectivity index (χ1v) is 6.82. The Morgan fingerprint density at radius 2 is 2.13 bits per heavy atom. The van der Waals surface area contributed by atoms with E-state index in [4.69, 9.17) is 11.6 Å². The van der Waals surface area contributed by atoms with Crippen LogP contribution in [0.1, 0.15) is 0 Å². The molecule has 2 rings (SSSR count). The van der Waals surface area contributed by atoms with Gasteiger partial charge in [-0.2, -0.15) is 0 Å². The highest BCUT2D eigenvalue weighted by Gasteiger charge is 2.04. The van der Waals surface area contributed by atoms with E-state index in [1.54, 1.807) is 0 Å². The van der Waals surface area contributed by atoms with Crippen molar-refractivity contribution in [2.45, 2.75) is 0 Å². The minimum Gasteiger partial charge on any atom is -0.331 e. The zero-order chi connectivity index (χ0) is 10.8. The fraction of sp³-hybridized carbons (Fsp3) is 0. The predicted octanol–water partition coefficient (Wildman–Crippen LogP) is 5.07. The Morgan fingerprint density at radius 1 is 1.33 bits per heavy atom. The SMILES string of the molecule is Clc1ccc(Br)c(Nc2nc(Br)cs2)c1. The first-order valence-electron chi connectivity index (χ1n) is 3.98. The van der Waals surface area contributed by atoms with Crippen LogP contribution in [0.5, 0.6) is 0 Å². The van der Waals surface area contributed by atoms with E-state index in [1.165, 1.54) is 11.3 Å². The topological polar surface area (TPSA) is 24.9 Å². The van der Waals surface area contributed by atoms with Gasteiger partial charge in [0.1, 0.15) is 4.60 Å². The highest BCUT2D eigenvalue weighted by molar-refractivity contribution is 9.10. The summed E-state index contributed by atoms with van der Waals surface area (Å²) in [5, 5.41) is 6.61. The molecule has 2 nitrogen and oxygen atoms in total. The number of nitrogens with zero attached hydrogens (tertiary/aromatic N) is 1. The molecule has 0 radical (unpaired) electrons. The predicted molar refractivity (Wildman–Crippen MR) is 72.2 cm³/mol. The third kappa shape index (κ3) is 2.93. The second-order valence-corrected chi connectivity index (χ2v) is 5.69. The van der Waals surface area contributed by atoms with Crippen molar-refractivity contribution >= 4 is 65.6 Å². The van der Waals surface area contributed by atoms with Gasteiger partial charge in [0.15, 0.2) is 5.13 Å². The summed E-state index contributed by atoms with van der Waals surface area (Å²) >= 11 is 14.2. The van der Waals surface area contributed by atoms with Crippen LogP contribution in [0.2, 0.25) is 5.02 Å². The highest BCUT2D eigenvalue weighted by atomic mass is 79.9. The van der Waals surface area contributed by atoms with Crippen molar-refractivity contribution in [1.82, 2.24) is 4.98 Å². The first kappa shape index (κ1) is 11.4. The number of aromatic nitrogens is 1. The quantitative estimate of drug-likeness (QED) is 0.801. The van der Waals surface area contributed by atoms with E-state index < -0.39 is 0 Å². The van der Waals surface area contributed by atoms with Crippen LogP contribution < -0.4 is 5.32 Å². The zero-order valence-corrected chi connectivity index (χ0v) is 12.0. The van der Waals surface area contributed by atoms with Crippen molar-refractivity contribution < 1.29 is 0 Å². The lowest BCUT2D eigenvalue weighted by Crippen LogP contribution is -1.90. The van der Waals surface area contributed by atoms with Crippen LogP contribution in [0.4, 0.5) is 10.8 Å². The van der Waals surface area contributed by atoms with E-state index in [0.717, 1.165) is 19.9 Å². The number of nitrogens with one attached hydrogen (secondary N) is 1. The van der Waals surface area contributed by atoms with E-state index in [2.05, 4.69) is 42.2 Å². The van der Waals surface area contributed by atoms with Gasteiger partial charge in [0.2, 0.25) is 0 Å². The van der Waals surface area contributed by atoms with Gasteiger partial charge >= 0.3 is 0 Å². The van der Waals surface area contributed by atoms with Gasteiger partial charge in [-0.1, -0.05) is 11.6 Å². The Labute approximate surface area is 113 Å². The van der Waals surface area contributed by atoms with E-state index in [9.17, 15) is 0 Å². The number of rotatable bonds is 2. The maximum Gasteiger partial charge on any atom is 0.188 e. The summed E-state index contributed by atoms with van der Waals surface area (Å²) in [5.74, 6) is 0. The van der Waals surface area contributed by atoms with Gasteiger partial charge in [0.25, 0.3) is 0 Å². The van der Waals surface area contributed by atoms with Crippen molar-refractivity contribution in [2.24, 2.45) is 0 Å². The molecule has 0 saturated heterocycles. The second-order valence-electron chi connectivity index (χ2n) is 2.72. The molecule has 0 aliphatic heterocycles. The van der Waals surface area contributed by atoms with Gasteiger partial charge in [-0.25, -0.2) is 4.98 Å². The summed E-state index contributed by atoms with van der Waals surface area (Å²) in [5.41, 5.74) is 0.907. The van der Waals surface area contributed by atoms with Gasteiger partial charge < -0.3 is 5.32 Å². The summed E-state index contributed by atoms with van der Waals surface area (Å²) < 4.78 is 1.78. The van der Waals surface area contributed by atoms with E-state index in [0.29, 0.717) is 5.02 Å². The minimum atomic E-state index is 0.691. The molecule has 0 aliphatic carbocycles. The number of thiazole rings is 1. The molecule has 1 aromatic heterocycles. The fourth-order valence-corrected chi connectivity index (χ4v) is 2.69. The van der Waals surface area contributed by atoms with Crippen LogP contribution in [-0.2, 0) is 0 Å². The molecule has 0 spiro atoms. The van der Waals surface area contributed by atoms with Crippen molar-refractivity contribution in [3.8, 4) is 0 Å². The van der Waals surface area contributed by atoms with E-state index in [1.807, 2.05) is 23.6 Å². The summed E-state index contributed by atoms with van der Waals surface area (Å²) in [6, 6.07) is 5.57. The van der Waals surface area contributed by atoms with Gasteiger partial charge in [-0.05, 0) is 50.1 Å². The molecule has 0 amide bonds. The molecule has 0 aliphatic rings. The average molecular weight is 368 g/mol. The molecular weight excluding hydrogens is 363 g/mol. The Kier molecular flexibility index (Phi) is 3.66. The van der Waals surface area contributed by atoms with Crippen LogP contribution in [0.25, 0.3) is 0 Å². The van der Waals surface area contributed by atoms with Crippen LogP contribution in [0.3, 0.4) is 0 Å². The largest absolute Gasteiger partial charge is 0.331 e. The molecule has 0 saturated carbocycles. The molecule has 0 atom stereocenters. The minimum absolute atomic E-state index is 0.691. The maximum absolute atomic E-state index is 5.90. The molecule has 6 heteroatoms. The summed E-state index contributed by atoms with van der Waals surface area (Å²) in [6.07, 6.45) is 0. The van der Waals surface area contributed by atoms with E-state index in [-0.39, 0.29) is 0 Å². The molecule has 15 heavy (non-hydrogen) atoms. The third-order valence-corrected chi connectivity index (χ3v) is 4.04. The van der Waals surface area contributed by atoms with Gasteiger partial charge in [-0.3, -0.25) is 0 Å². The molecule has 78 valence electrons. The number of hydrogen-bond acceptors (Lipinski definition) is 3. The van der Waals surface area contributed by atoms with Crippen LogP contribution in [0.15, 0.2) is 32.7 Å². The third-order valence-electron chi connectivity index (χ3n) is 1.65. The molecular formula is C9H5Br2ClN2S. The van der Waals surface area contributed by atoms with Crippen molar-refractivity contribution in [2.75, 3.05) is 5.32 Å². The fourth-order valence-electron chi connectivity index (χ4n) is 1.02. The van der Waals surface area contributed by atoms with Crippen molar-refractivity contribution in [3.05, 3.63) is 37.7 Å². The van der Waals surface area contributed by atoms with Crippen LogP contribution >= 0.6 is 54.8 Å². The van der Waals surface area contributed by atoms with Gasteiger partial charge in [0, 0.05) is 14.9 Å². The number of hydrogen-bond donors (Lipinski definition) is 1. The van der Waals surface area contributed by atoms with Gasteiger partial charge in [-0.15, -0.1) is 11.3 Å².